The van der Waals surface area contributed by atoms with Crippen molar-refractivity contribution in [2.45, 2.75) is 43.2 Å². The fraction of sp³-hybridized carbons (Fsp3) is 0.533. The molecule has 0 bridgehead atoms. The van der Waals surface area contributed by atoms with Gasteiger partial charge < -0.3 is 35.6 Å². The molecule has 6 atom stereocenters. The predicted octanol–water partition coefficient (Wildman–Crippen LogP) is -2.10. The highest BCUT2D eigenvalue weighted by molar-refractivity contribution is 5.75. The van der Waals surface area contributed by atoms with E-state index in [0.29, 0.717) is 0 Å². The van der Waals surface area contributed by atoms with Crippen LogP contribution in [0.15, 0.2) is 30.3 Å². The van der Waals surface area contributed by atoms with E-state index < -0.39 is 49.3 Å². The highest BCUT2D eigenvalue weighted by Gasteiger charge is 2.43. The minimum atomic E-state index is -1.67. The van der Waals surface area contributed by atoms with Crippen LogP contribution in [0.4, 0.5) is 0 Å². The number of aliphatic hydroxyl groups is 4. The standard InChI is InChI=1S/C15H21NO7/c16-9(6-8-4-2-1-3-5-8)14(20)22-7-10-11(17)12(18)13(19)15(21)23-10/h1-5,9-13,15,17-19,21H,6-7,16H2/t9-,10+,11+,12-,13+,15?/m0/s1. The van der Waals surface area contributed by atoms with Gasteiger partial charge in [0.05, 0.1) is 0 Å². The number of carbonyl (C=O) groups excluding carboxylic acids is 1. The average Bonchev–Trinajstić information content (AvgIpc) is 2.55. The van der Waals surface area contributed by atoms with Gasteiger partial charge in [-0.15, -0.1) is 0 Å². The molecule has 1 aromatic carbocycles. The molecule has 1 aliphatic rings. The van der Waals surface area contributed by atoms with Crippen LogP contribution in [0.2, 0.25) is 0 Å². The Labute approximate surface area is 133 Å². The second kappa shape index (κ2) is 7.82. The van der Waals surface area contributed by atoms with E-state index in [-0.39, 0.29) is 6.42 Å². The number of nitrogens with two attached hydrogens (primary N) is 1. The first-order valence-corrected chi connectivity index (χ1v) is 7.24. The van der Waals surface area contributed by atoms with Gasteiger partial charge in [0.2, 0.25) is 0 Å². The van der Waals surface area contributed by atoms with E-state index in [9.17, 15) is 25.2 Å². The van der Waals surface area contributed by atoms with E-state index in [1.54, 1.807) is 0 Å². The Morgan fingerprint density at radius 1 is 1.13 bits per heavy atom. The first-order valence-electron chi connectivity index (χ1n) is 7.24. The number of carbonyl (C=O) groups is 1. The SMILES string of the molecule is N[C@@H](Cc1ccccc1)C(=O)OC[C@H]1OC(O)[C@H](O)[C@@H](O)[C@@H]1O. The van der Waals surface area contributed by atoms with Crippen molar-refractivity contribution in [2.24, 2.45) is 5.73 Å². The summed E-state index contributed by atoms with van der Waals surface area (Å²) in [6.45, 7) is -0.399. The topological polar surface area (TPSA) is 142 Å². The Hall–Kier alpha value is -1.55. The third-order valence-electron chi connectivity index (χ3n) is 3.68. The van der Waals surface area contributed by atoms with Crippen LogP contribution in [-0.4, -0.2) is 69.8 Å². The van der Waals surface area contributed by atoms with Gasteiger partial charge in [0.1, 0.15) is 37.1 Å². The molecule has 1 fully saturated rings. The van der Waals surface area contributed by atoms with Crippen LogP contribution in [0.1, 0.15) is 5.56 Å². The maximum absolute atomic E-state index is 11.9. The summed E-state index contributed by atoms with van der Waals surface area (Å²) in [4.78, 5) is 11.9. The van der Waals surface area contributed by atoms with Gasteiger partial charge in [-0.3, -0.25) is 4.79 Å². The van der Waals surface area contributed by atoms with Gasteiger partial charge in [-0.2, -0.15) is 0 Å². The molecule has 1 aromatic rings. The monoisotopic (exact) mass is 327 g/mol. The van der Waals surface area contributed by atoms with Crippen molar-refractivity contribution >= 4 is 5.97 Å². The highest BCUT2D eigenvalue weighted by Crippen LogP contribution is 2.20. The van der Waals surface area contributed by atoms with Crippen molar-refractivity contribution in [3.8, 4) is 0 Å². The third-order valence-corrected chi connectivity index (χ3v) is 3.68. The van der Waals surface area contributed by atoms with Crippen molar-refractivity contribution in [1.82, 2.24) is 0 Å². The van der Waals surface area contributed by atoms with E-state index >= 15 is 0 Å². The van der Waals surface area contributed by atoms with Crippen molar-refractivity contribution in [3.05, 3.63) is 35.9 Å². The summed E-state index contributed by atoms with van der Waals surface area (Å²) in [7, 11) is 0. The minimum Gasteiger partial charge on any atom is -0.462 e. The molecule has 1 heterocycles. The molecule has 0 aliphatic carbocycles. The minimum absolute atomic E-state index is 0.289. The molecule has 0 aromatic heterocycles. The first-order chi connectivity index (χ1) is 10.9. The molecule has 8 nitrogen and oxygen atoms in total. The molecule has 128 valence electrons. The summed E-state index contributed by atoms with van der Waals surface area (Å²) in [6.07, 6.45) is -7.26. The quantitative estimate of drug-likeness (QED) is 0.387. The Bertz CT molecular complexity index is 512. The summed E-state index contributed by atoms with van der Waals surface area (Å²) < 4.78 is 9.87. The smallest absolute Gasteiger partial charge is 0.323 e. The van der Waals surface area contributed by atoms with Crippen LogP contribution >= 0.6 is 0 Å². The molecule has 2 rings (SSSR count). The van der Waals surface area contributed by atoms with Gasteiger partial charge in [-0.05, 0) is 12.0 Å². The lowest BCUT2D eigenvalue weighted by Crippen LogP contribution is -2.58. The van der Waals surface area contributed by atoms with Crippen LogP contribution in [0.5, 0.6) is 0 Å². The van der Waals surface area contributed by atoms with Crippen molar-refractivity contribution in [3.63, 3.8) is 0 Å². The van der Waals surface area contributed by atoms with Crippen LogP contribution in [0, 0.1) is 0 Å². The number of aliphatic hydroxyl groups excluding tert-OH is 4. The van der Waals surface area contributed by atoms with Crippen LogP contribution in [0.25, 0.3) is 0 Å². The third kappa shape index (κ3) is 4.47. The van der Waals surface area contributed by atoms with Crippen LogP contribution in [0.3, 0.4) is 0 Å². The predicted molar refractivity (Wildman–Crippen MR) is 78.0 cm³/mol. The summed E-state index contributed by atoms with van der Waals surface area (Å²) >= 11 is 0. The van der Waals surface area contributed by atoms with E-state index in [4.69, 9.17) is 15.2 Å². The number of hydrogen-bond acceptors (Lipinski definition) is 8. The largest absolute Gasteiger partial charge is 0.462 e. The maximum atomic E-state index is 11.9. The molecule has 8 heteroatoms. The second-order valence-electron chi connectivity index (χ2n) is 5.46. The molecule has 1 aliphatic heterocycles. The van der Waals surface area contributed by atoms with Crippen molar-refractivity contribution < 1.29 is 34.7 Å². The fourth-order valence-corrected chi connectivity index (χ4v) is 2.29. The second-order valence-corrected chi connectivity index (χ2v) is 5.46. The molecule has 0 radical (unpaired) electrons. The number of esters is 1. The van der Waals surface area contributed by atoms with E-state index in [1.807, 2.05) is 30.3 Å². The summed E-state index contributed by atoms with van der Waals surface area (Å²) in [5, 5.41) is 38.0. The van der Waals surface area contributed by atoms with Crippen molar-refractivity contribution in [1.29, 1.82) is 0 Å². The van der Waals surface area contributed by atoms with Gasteiger partial charge in [0, 0.05) is 0 Å². The Kier molecular flexibility index (Phi) is 6.05. The lowest BCUT2D eigenvalue weighted by Gasteiger charge is -2.37. The molecule has 0 spiro atoms. The van der Waals surface area contributed by atoms with Crippen molar-refractivity contribution in [2.75, 3.05) is 6.61 Å². The zero-order chi connectivity index (χ0) is 17.0. The zero-order valence-corrected chi connectivity index (χ0v) is 12.4. The Morgan fingerprint density at radius 3 is 2.43 bits per heavy atom. The van der Waals surface area contributed by atoms with Crippen LogP contribution < -0.4 is 5.73 Å². The van der Waals surface area contributed by atoms with E-state index in [1.165, 1.54) is 0 Å². The molecule has 6 N–H and O–H groups in total. The van der Waals surface area contributed by atoms with Gasteiger partial charge in [0.25, 0.3) is 0 Å². The van der Waals surface area contributed by atoms with E-state index in [0.717, 1.165) is 5.56 Å². The molecular weight excluding hydrogens is 306 g/mol. The number of ether oxygens (including phenoxy) is 2. The summed E-state index contributed by atoms with van der Waals surface area (Å²) in [5.41, 5.74) is 6.63. The van der Waals surface area contributed by atoms with Gasteiger partial charge in [0.15, 0.2) is 6.29 Å². The molecule has 23 heavy (non-hydrogen) atoms. The Morgan fingerprint density at radius 2 is 1.78 bits per heavy atom. The molecule has 0 amide bonds. The molecule has 0 saturated carbocycles. The zero-order valence-electron chi connectivity index (χ0n) is 12.4. The van der Waals surface area contributed by atoms with Gasteiger partial charge >= 0.3 is 5.97 Å². The summed E-state index contributed by atoms with van der Waals surface area (Å²) in [6, 6.07) is 8.27. The first kappa shape index (κ1) is 17.8. The number of benzene rings is 1. The number of rotatable bonds is 5. The number of hydrogen-bond donors (Lipinski definition) is 5. The Balaban J connectivity index is 1.84. The van der Waals surface area contributed by atoms with Gasteiger partial charge in [-0.1, -0.05) is 30.3 Å². The van der Waals surface area contributed by atoms with Crippen LogP contribution in [-0.2, 0) is 20.7 Å². The average molecular weight is 327 g/mol. The fourth-order valence-electron chi connectivity index (χ4n) is 2.29. The molecule has 1 saturated heterocycles. The lowest BCUT2D eigenvalue weighted by molar-refractivity contribution is -0.287. The molecular formula is C15H21NO7. The highest BCUT2D eigenvalue weighted by atomic mass is 16.6. The van der Waals surface area contributed by atoms with E-state index in [2.05, 4.69) is 0 Å². The normalized spacial score (nSPS) is 32.3. The maximum Gasteiger partial charge on any atom is 0.323 e. The lowest BCUT2D eigenvalue weighted by atomic mass is 9.99. The van der Waals surface area contributed by atoms with Gasteiger partial charge in [-0.25, -0.2) is 0 Å². The summed E-state index contributed by atoms with van der Waals surface area (Å²) in [5.74, 6) is -0.695. The molecule has 1 unspecified atom stereocenters.